The van der Waals surface area contributed by atoms with Gasteiger partial charge in [0.15, 0.2) is 0 Å². The van der Waals surface area contributed by atoms with Crippen molar-refractivity contribution >= 4 is 0 Å². The van der Waals surface area contributed by atoms with Crippen LogP contribution in [0.2, 0.25) is 0 Å². The normalized spacial score (nSPS) is 12.6. The molecular weight excluding hydrogens is 251 g/mol. The minimum absolute atomic E-state index is 0.154. The number of hydrogen-bond donors (Lipinski definition) is 1. The van der Waals surface area contributed by atoms with Crippen molar-refractivity contribution in [2.75, 3.05) is 13.6 Å². The molecule has 0 fully saturated rings. The lowest BCUT2D eigenvalue weighted by Gasteiger charge is -2.28. The highest BCUT2D eigenvalue weighted by atomic mass is 19.1. The first-order chi connectivity index (χ1) is 9.72. The SMILES string of the molecule is CN(Cc1ccccc1F)C(CCN)c1ccccc1. The zero-order valence-electron chi connectivity index (χ0n) is 11.8. The first-order valence-corrected chi connectivity index (χ1v) is 6.91. The van der Waals surface area contributed by atoms with Crippen LogP contribution in [0.3, 0.4) is 0 Å². The van der Waals surface area contributed by atoms with Crippen LogP contribution in [0.4, 0.5) is 4.39 Å². The largest absolute Gasteiger partial charge is 0.330 e. The van der Waals surface area contributed by atoms with Gasteiger partial charge >= 0.3 is 0 Å². The summed E-state index contributed by atoms with van der Waals surface area (Å²) in [5, 5.41) is 0. The molecule has 20 heavy (non-hydrogen) atoms. The summed E-state index contributed by atoms with van der Waals surface area (Å²) in [7, 11) is 2.01. The van der Waals surface area contributed by atoms with E-state index in [1.807, 2.05) is 37.4 Å². The second-order valence-electron chi connectivity index (χ2n) is 5.01. The van der Waals surface area contributed by atoms with E-state index in [1.165, 1.54) is 11.6 Å². The summed E-state index contributed by atoms with van der Waals surface area (Å²) in [5.41, 5.74) is 7.66. The zero-order valence-corrected chi connectivity index (χ0v) is 11.8. The highest BCUT2D eigenvalue weighted by Crippen LogP contribution is 2.24. The molecule has 0 spiro atoms. The lowest BCUT2D eigenvalue weighted by Crippen LogP contribution is -2.26. The van der Waals surface area contributed by atoms with Crippen LogP contribution in [0.5, 0.6) is 0 Å². The van der Waals surface area contributed by atoms with Crippen LogP contribution in [0, 0.1) is 5.82 Å². The third kappa shape index (κ3) is 3.65. The molecule has 2 aromatic rings. The van der Waals surface area contributed by atoms with Gasteiger partial charge in [0.25, 0.3) is 0 Å². The molecule has 0 aliphatic rings. The molecule has 0 amide bonds. The van der Waals surface area contributed by atoms with E-state index in [-0.39, 0.29) is 11.9 Å². The lowest BCUT2D eigenvalue weighted by molar-refractivity contribution is 0.224. The summed E-state index contributed by atoms with van der Waals surface area (Å²) in [6.07, 6.45) is 0.856. The van der Waals surface area contributed by atoms with Crippen molar-refractivity contribution in [3.8, 4) is 0 Å². The maximum atomic E-state index is 13.8. The number of benzene rings is 2. The van der Waals surface area contributed by atoms with E-state index in [4.69, 9.17) is 5.73 Å². The van der Waals surface area contributed by atoms with Crippen molar-refractivity contribution in [1.82, 2.24) is 4.90 Å². The van der Waals surface area contributed by atoms with Crippen LogP contribution in [0.1, 0.15) is 23.6 Å². The molecule has 0 bridgehead atoms. The maximum Gasteiger partial charge on any atom is 0.127 e. The Morgan fingerprint density at radius 1 is 1.05 bits per heavy atom. The lowest BCUT2D eigenvalue weighted by atomic mass is 10.0. The van der Waals surface area contributed by atoms with Crippen LogP contribution in [-0.4, -0.2) is 18.5 Å². The third-order valence-corrected chi connectivity index (χ3v) is 3.53. The first kappa shape index (κ1) is 14.7. The molecule has 0 saturated carbocycles. The molecule has 0 radical (unpaired) electrons. The van der Waals surface area contributed by atoms with E-state index >= 15 is 0 Å². The second-order valence-corrected chi connectivity index (χ2v) is 5.01. The Morgan fingerprint density at radius 2 is 1.70 bits per heavy atom. The van der Waals surface area contributed by atoms with Crippen LogP contribution >= 0.6 is 0 Å². The zero-order chi connectivity index (χ0) is 14.4. The minimum atomic E-state index is -0.154. The number of hydrogen-bond acceptors (Lipinski definition) is 2. The average molecular weight is 272 g/mol. The van der Waals surface area contributed by atoms with Crippen molar-refractivity contribution in [2.45, 2.75) is 19.0 Å². The monoisotopic (exact) mass is 272 g/mol. The van der Waals surface area contributed by atoms with Crippen LogP contribution in [0.25, 0.3) is 0 Å². The molecular formula is C17H21FN2. The molecule has 0 saturated heterocycles. The van der Waals surface area contributed by atoms with Gasteiger partial charge in [-0.05, 0) is 31.6 Å². The number of nitrogens with two attached hydrogens (primary N) is 1. The number of rotatable bonds is 6. The summed E-state index contributed by atoms with van der Waals surface area (Å²) in [6, 6.07) is 17.4. The summed E-state index contributed by atoms with van der Waals surface area (Å²) < 4.78 is 13.8. The van der Waals surface area contributed by atoms with Crippen molar-refractivity contribution in [3.63, 3.8) is 0 Å². The van der Waals surface area contributed by atoms with Crippen LogP contribution in [-0.2, 0) is 6.54 Å². The second kappa shape index (κ2) is 7.17. The Balaban J connectivity index is 2.16. The maximum absolute atomic E-state index is 13.8. The number of halogens is 1. The Hall–Kier alpha value is -1.71. The Kier molecular flexibility index (Phi) is 5.27. The van der Waals surface area contributed by atoms with Crippen molar-refractivity contribution < 1.29 is 4.39 Å². The fraction of sp³-hybridized carbons (Fsp3) is 0.294. The van der Waals surface area contributed by atoms with Gasteiger partial charge in [0.2, 0.25) is 0 Å². The Bertz CT molecular complexity index is 528. The molecule has 0 aromatic heterocycles. The van der Waals surface area contributed by atoms with E-state index in [9.17, 15) is 4.39 Å². The van der Waals surface area contributed by atoms with E-state index in [0.717, 1.165) is 6.42 Å². The van der Waals surface area contributed by atoms with Gasteiger partial charge in [-0.25, -0.2) is 4.39 Å². The molecule has 3 heteroatoms. The first-order valence-electron chi connectivity index (χ1n) is 6.91. The molecule has 2 nitrogen and oxygen atoms in total. The fourth-order valence-electron chi connectivity index (χ4n) is 2.48. The molecule has 2 N–H and O–H groups in total. The standard InChI is InChI=1S/C17H21FN2/c1-20(13-15-9-5-6-10-16(15)18)17(11-12-19)14-7-3-2-4-8-14/h2-10,17H,11-13,19H2,1H3. The topological polar surface area (TPSA) is 29.3 Å². The van der Waals surface area contributed by atoms with Gasteiger partial charge in [-0.2, -0.15) is 0 Å². The smallest absolute Gasteiger partial charge is 0.127 e. The Morgan fingerprint density at radius 3 is 2.35 bits per heavy atom. The quantitative estimate of drug-likeness (QED) is 0.874. The summed E-state index contributed by atoms with van der Waals surface area (Å²) >= 11 is 0. The van der Waals surface area contributed by atoms with Crippen molar-refractivity contribution in [3.05, 3.63) is 71.5 Å². The molecule has 0 heterocycles. The van der Waals surface area contributed by atoms with Gasteiger partial charge < -0.3 is 5.73 Å². The highest BCUT2D eigenvalue weighted by Gasteiger charge is 2.17. The van der Waals surface area contributed by atoms with E-state index in [2.05, 4.69) is 17.0 Å². The van der Waals surface area contributed by atoms with Crippen LogP contribution < -0.4 is 5.73 Å². The van der Waals surface area contributed by atoms with Crippen molar-refractivity contribution in [2.24, 2.45) is 5.73 Å². The highest BCUT2D eigenvalue weighted by molar-refractivity contribution is 5.21. The van der Waals surface area contributed by atoms with E-state index < -0.39 is 0 Å². The summed E-state index contributed by atoms with van der Waals surface area (Å²) in [5.74, 6) is -0.154. The van der Waals surface area contributed by atoms with Crippen molar-refractivity contribution in [1.29, 1.82) is 0 Å². The van der Waals surface area contributed by atoms with Gasteiger partial charge in [-0.1, -0.05) is 48.5 Å². The van der Waals surface area contributed by atoms with Gasteiger partial charge in [0.05, 0.1) is 0 Å². The molecule has 2 rings (SSSR count). The molecule has 0 aliphatic carbocycles. The number of nitrogens with zero attached hydrogens (tertiary/aromatic N) is 1. The Labute approximate surface area is 120 Å². The molecule has 1 unspecified atom stereocenters. The molecule has 0 aliphatic heterocycles. The third-order valence-electron chi connectivity index (χ3n) is 3.53. The molecule has 1 atom stereocenters. The average Bonchev–Trinajstić information content (AvgIpc) is 2.48. The summed E-state index contributed by atoms with van der Waals surface area (Å²) in [4.78, 5) is 2.15. The summed E-state index contributed by atoms with van der Waals surface area (Å²) in [6.45, 7) is 1.19. The van der Waals surface area contributed by atoms with Gasteiger partial charge in [0.1, 0.15) is 5.82 Å². The van der Waals surface area contributed by atoms with Crippen LogP contribution in [0.15, 0.2) is 54.6 Å². The van der Waals surface area contributed by atoms with Gasteiger partial charge in [0, 0.05) is 18.2 Å². The van der Waals surface area contributed by atoms with E-state index in [0.29, 0.717) is 18.7 Å². The van der Waals surface area contributed by atoms with Gasteiger partial charge in [-0.3, -0.25) is 4.90 Å². The molecule has 2 aromatic carbocycles. The van der Waals surface area contributed by atoms with E-state index in [1.54, 1.807) is 6.07 Å². The predicted octanol–water partition coefficient (Wildman–Crippen LogP) is 3.35. The fourth-order valence-corrected chi connectivity index (χ4v) is 2.48. The minimum Gasteiger partial charge on any atom is -0.330 e. The van der Waals surface area contributed by atoms with Gasteiger partial charge in [-0.15, -0.1) is 0 Å². The predicted molar refractivity (Wildman–Crippen MR) is 80.7 cm³/mol. The molecule has 106 valence electrons.